The molecule has 1 saturated heterocycles. The number of halogens is 1. The average Bonchev–Trinajstić information content (AvgIpc) is 2.53. The maximum absolute atomic E-state index is 6.33. The molecule has 0 aromatic heterocycles. The van der Waals surface area contributed by atoms with Crippen molar-refractivity contribution in [3.63, 3.8) is 0 Å². The summed E-state index contributed by atoms with van der Waals surface area (Å²) in [6.45, 7) is 3.21. The summed E-state index contributed by atoms with van der Waals surface area (Å²) in [6, 6.07) is 11.2. The highest BCUT2D eigenvalue weighted by Crippen LogP contribution is 2.17. The molecule has 1 aromatic rings. The van der Waals surface area contributed by atoms with E-state index in [4.69, 9.17) is 11.8 Å². The van der Waals surface area contributed by atoms with E-state index in [0.29, 0.717) is 6.04 Å². The summed E-state index contributed by atoms with van der Waals surface area (Å²) in [5, 5.41) is 3.66. The van der Waals surface area contributed by atoms with Crippen molar-refractivity contribution >= 4 is 11.8 Å². The van der Waals surface area contributed by atoms with Crippen molar-refractivity contribution in [2.45, 2.75) is 44.8 Å². The Morgan fingerprint density at radius 2 is 2.12 bits per heavy atom. The van der Waals surface area contributed by atoms with Crippen LogP contribution in [0, 0.1) is 0 Å². The van der Waals surface area contributed by atoms with Gasteiger partial charge < -0.3 is 0 Å². The van der Waals surface area contributed by atoms with Gasteiger partial charge in [-0.1, -0.05) is 37.3 Å². The molecule has 1 heterocycles. The van der Waals surface area contributed by atoms with Crippen molar-refractivity contribution in [3.05, 3.63) is 35.9 Å². The van der Waals surface area contributed by atoms with E-state index < -0.39 is 0 Å². The fourth-order valence-electron chi connectivity index (χ4n) is 2.40. The molecule has 1 aromatic carbocycles. The molecule has 1 aliphatic rings. The Kier molecular flexibility index (Phi) is 4.84. The minimum Gasteiger partial charge on any atom is -0.298 e. The van der Waals surface area contributed by atoms with Crippen molar-refractivity contribution in [1.29, 1.82) is 0 Å². The fraction of sp³-hybridized carbons (Fsp3) is 0.571. The average molecular weight is 253 g/mol. The molecule has 0 spiro atoms. The van der Waals surface area contributed by atoms with Crippen LogP contribution >= 0.6 is 11.8 Å². The highest BCUT2D eigenvalue weighted by atomic mass is 35.5. The molecule has 3 heteroatoms. The van der Waals surface area contributed by atoms with Crippen molar-refractivity contribution < 1.29 is 0 Å². The van der Waals surface area contributed by atoms with Crippen LogP contribution in [0.1, 0.15) is 31.7 Å². The Morgan fingerprint density at radius 1 is 1.35 bits per heavy atom. The van der Waals surface area contributed by atoms with Gasteiger partial charge in [0.15, 0.2) is 0 Å². The first-order valence-electron chi connectivity index (χ1n) is 6.52. The molecular formula is C14H21ClN2. The molecule has 2 rings (SSSR count). The van der Waals surface area contributed by atoms with E-state index in [9.17, 15) is 0 Å². The van der Waals surface area contributed by atoms with Crippen molar-refractivity contribution in [3.8, 4) is 0 Å². The summed E-state index contributed by atoms with van der Waals surface area (Å²) >= 11 is 6.33. The van der Waals surface area contributed by atoms with Crippen molar-refractivity contribution in [1.82, 2.24) is 9.74 Å². The Morgan fingerprint density at radius 3 is 2.82 bits per heavy atom. The summed E-state index contributed by atoms with van der Waals surface area (Å²) in [4.78, 5) is 0. The van der Waals surface area contributed by atoms with Gasteiger partial charge >= 0.3 is 0 Å². The fourth-order valence-corrected chi connectivity index (χ4v) is 2.64. The first-order valence-corrected chi connectivity index (χ1v) is 6.85. The SMILES string of the molecule is CCC1CCCN(Cl)C(Cc2ccccc2)N1. The molecule has 2 unspecified atom stereocenters. The van der Waals surface area contributed by atoms with Crippen LogP contribution in [0.25, 0.3) is 0 Å². The van der Waals surface area contributed by atoms with Crippen LogP contribution in [0.3, 0.4) is 0 Å². The lowest BCUT2D eigenvalue weighted by Crippen LogP contribution is -2.45. The lowest BCUT2D eigenvalue weighted by atomic mass is 10.1. The molecule has 1 N–H and O–H groups in total. The predicted molar refractivity (Wildman–Crippen MR) is 72.9 cm³/mol. The molecular weight excluding hydrogens is 232 g/mol. The van der Waals surface area contributed by atoms with E-state index in [1.54, 1.807) is 0 Å². The van der Waals surface area contributed by atoms with Gasteiger partial charge in [-0.15, -0.1) is 0 Å². The van der Waals surface area contributed by atoms with Gasteiger partial charge in [0.25, 0.3) is 0 Å². The molecule has 0 aliphatic carbocycles. The highest BCUT2D eigenvalue weighted by molar-refractivity contribution is 6.13. The second-order valence-electron chi connectivity index (χ2n) is 4.74. The zero-order chi connectivity index (χ0) is 12.1. The molecule has 94 valence electrons. The van der Waals surface area contributed by atoms with E-state index >= 15 is 0 Å². The standard InChI is InChI=1S/C14H21ClN2/c1-2-13-9-6-10-17(15)14(16-13)11-12-7-4-3-5-8-12/h3-5,7-8,13-14,16H,2,6,9-11H2,1H3. The van der Waals surface area contributed by atoms with Crippen LogP contribution in [-0.2, 0) is 6.42 Å². The number of hydrogen-bond donors (Lipinski definition) is 1. The molecule has 1 aliphatic heterocycles. The molecule has 17 heavy (non-hydrogen) atoms. The minimum atomic E-state index is 0.256. The maximum Gasteiger partial charge on any atom is 0.0785 e. The van der Waals surface area contributed by atoms with E-state index in [2.05, 4.69) is 42.6 Å². The van der Waals surface area contributed by atoms with Gasteiger partial charge in [0.1, 0.15) is 0 Å². The van der Waals surface area contributed by atoms with Crippen LogP contribution in [0.4, 0.5) is 0 Å². The lowest BCUT2D eigenvalue weighted by molar-refractivity contribution is 0.287. The Hall–Kier alpha value is -0.570. The smallest absolute Gasteiger partial charge is 0.0785 e. The third kappa shape index (κ3) is 3.70. The number of hydrogen-bond acceptors (Lipinski definition) is 2. The first-order chi connectivity index (χ1) is 8.29. The Bertz CT molecular complexity index is 328. The number of nitrogens with zero attached hydrogens (tertiary/aromatic N) is 1. The summed E-state index contributed by atoms with van der Waals surface area (Å²) in [6.07, 6.45) is 4.81. The summed E-state index contributed by atoms with van der Waals surface area (Å²) in [7, 11) is 0. The lowest BCUT2D eigenvalue weighted by Gasteiger charge is -2.26. The molecule has 0 radical (unpaired) electrons. The molecule has 1 fully saturated rings. The number of nitrogens with one attached hydrogen (secondary N) is 1. The van der Waals surface area contributed by atoms with Crippen LogP contribution in [0.5, 0.6) is 0 Å². The second kappa shape index (κ2) is 6.39. The van der Waals surface area contributed by atoms with Crippen LogP contribution in [0.15, 0.2) is 30.3 Å². The topological polar surface area (TPSA) is 15.3 Å². The molecule has 2 atom stereocenters. The van der Waals surface area contributed by atoms with Crippen LogP contribution in [-0.4, -0.2) is 23.2 Å². The summed E-state index contributed by atoms with van der Waals surface area (Å²) in [5.41, 5.74) is 1.34. The van der Waals surface area contributed by atoms with Gasteiger partial charge in [-0.05, 0) is 36.6 Å². The molecule has 0 amide bonds. The molecule has 0 bridgehead atoms. The van der Waals surface area contributed by atoms with E-state index in [-0.39, 0.29) is 6.17 Å². The highest BCUT2D eigenvalue weighted by Gasteiger charge is 2.23. The van der Waals surface area contributed by atoms with E-state index in [0.717, 1.165) is 13.0 Å². The van der Waals surface area contributed by atoms with Gasteiger partial charge in [0.2, 0.25) is 0 Å². The van der Waals surface area contributed by atoms with E-state index in [1.807, 2.05) is 4.42 Å². The Labute approximate surface area is 109 Å². The monoisotopic (exact) mass is 252 g/mol. The van der Waals surface area contributed by atoms with Crippen LogP contribution in [0.2, 0.25) is 0 Å². The largest absolute Gasteiger partial charge is 0.298 e. The minimum absolute atomic E-state index is 0.256. The maximum atomic E-state index is 6.33. The summed E-state index contributed by atoms with van der Waals surface area (Å²) < 4.78 is 1.93. The van der Waals surface area contributed by atoms with E-state index in [1.165, 1.54) is 24.8 Å². The quantitative estimate of drug-likeness (QED) is 0.832. The third-order valence-corrected chi connectivity index (χ3v) is 3.86. The normalized spacial score (nSPS) is 26.7. The zero-order valence-electron chi connectivity index (χ0n) is 10.4. The van der Waals surface area contributed by atoms with Gasteiger partial charge in [-0.25, -0.2) is 4.42 Å². The van der Waals surface area contributed by atoms with Gasteiger partial charge in [0.05, 0.1) is 6.17 Å². The van der Waals surface area contributed by atoms with Crippen LogP contribution < -0.4 is 5.32 Å². The molecule has 0 saturated carbocycles. The summed E-state index contributed by atoms with van der Waals surface area (Å²) in [5.74, 6) is 0. The second-order valence-corrected chi connectivity index (χ2v) is 5.18. The molecule has 2 nitrogen and oxygen atoms in total. The number of rotatable bonds is 3. The first kappa shape index (κ1) is 12.9. The third-order valence-electron chi connectivity index (χ3n) is 3.46. The van der Waals surface area contributed by atoms with Gasteiger partial charge in [-0.2, -0.15) is 0 Å². The Balaban J connectivity index is 2.01. The zero-order valence-corrected chi connectivity index (χ0v) is 11.2. The predicted octanol–water partition coefficient (Wildman–Crippen LogP) is 3.17. The van der Waals surface area contributed by atoms with Crippen molar-refractivity contribution in [2.24, 2.45) is 0 Å². The van der Waals surface area contributed by atoms with Crippen molar-refractivity contribution in [2.75, 3.05) is 6.54 Å². The van der Waals surface area contributed by atoms with Gasteiger partial charge in [-0.3, -0.25) is 5.32 Å². The van der Waals surface area contributed by atoms with Gasteiger partial charge in [0, 0.05) is 19.0 Å². The number of benzene rings is 1.